The number of amides is 2. The number of likely N-dealkylation sites (N-methyl/N-ethyl adjacent to an activating group) is 1. The van der Waals surface area contributed by atoms with Crippen LogP contribution in [0.1, 0.15) is 44.7 Å². The van der Waals surface area contributed by atoms with Crippen molar-refractivity contribution in [3.05, 3.63) is 12.2 Å². The number of hydrogen-bond donors (Lipinski definition) is 4. The van der Waals surface area contributed by atoms with Crippen LogP contribution in [-0.4, -0.2) is 104 Å². The molecule has 0 aromatic carbocycles. The first-order valence-electron chi connectivity index (χ1n) is 13.2. The summed E-state index contributed by atoms with van der Waals surface area (Å²) in [6.07, 6.45) is -1.28. The SMILES string of the molecule is CCNC(=O)C1OC(n2cnc3c(N)nc(C#CCC4CCN(C(=O)OC5CCOC5)CC4)nc32)C(O)C1O. The van der Waals surface area contributed by atoms with Gasteiger partial charge in [0.2, 0.25) is 5.82 Å². The van der Waals surface area contributed by atoms with Crippen LogP contribution in [0.25, 0.3) is 11.2 Å². The lowest BCUT2D eigenvalue weighted by Gasteiger charge is -2.31. The third-order valence-electron chi connectivity index (χ3n) is 7.19. The van der Waals surface area contributed by atoms with E-state index in [-0.39, 0.29) is 35.0 Å². The predicted molar refractivity (Wildman–Crippen MR) is 136 cm³/mol. The first-order chi connectivity index (χ1) is 18.9. The monoisotopic (exact) mass is 543 g/mol. The Labute approximate surface area is 224 Å². The predicted octanol–water partition coefficient (Wildman–Crippen LogP) is -0.457. The van der Waals surface area contributed by atoms with E-state index in [0.717, 1.165) is 19.3 Å². The summed E-state index contributed by atoms with van der Waals surface area (Å²) in [5, 5.41) is 23.5. The molecule has 2 aromatic rings. The van der Waals surface area contributed by atoms with Gasteiger partial charge in [-0.25, -0.2) is 19.7 Å². The Kier molecular flexibility index (Phi) is 8.12. The highest BCUT2D eigenvalue weighted by atomic mass is 16.6. The third kappa shape index (κ3) is 5.76. The Morgan fingerprint density at radius 2 is 2.03 bits per heavy atom. The van der Waals surface area contributed by atoms with Gasteiger partial charge in [0.05, 0.1) is 19.5 Å². The number of carbonyl (C=O) groups excluding carboxylic acids is 2. The summed E-state index contributed by atoms with van der Waals surface area (Å²) in [6, 6.07) is 0. The topological polar surface area (TPSA) is 187 Å². The van der Waals surface area contributed by atoms with Gasteiger partial charge in [-0.2, -0.15) is 0 Å². The largest absolute Gasteiger partial charge is 0.444 e. The highest BCUT2D eigenvalue weighted by Gasteiger charge is 2.47. The Morgan fingerprint density at radius 3 is 2.74 bits per heavy atom. The first kappa shape index (κ1) is 27.1. The number of nitrogens with one attached hydrogen (secondary N) is 1. The average molecular weight is 544 g/mol. The van der Waals surface area contributed by atoms with E-state index in [9.17, 15) is 19.8 Å². The van der Waals surface area contributed by atoms with E-state index in [1.165, 1.54) is 10.9 Å². The van der Waals surface area contributed by atoms with Crippen LogP contribution in [0.3, 0.4) is 0 Å². The van der Waals surface area contributed by atoms with Gasteiger partial charge in [0.25, 0.3) is 5.91 Å². The number of anilines is 1. The van der Waals surface area contributed by atoms with Gasteiger partial charge in [-0.3, -0.25) is 9.36 Å². The zero-order valence-electron chi connectivity index (χ0n) is 21.7. The molecule has 5 atom stereocenters. The fourth-order valence-electron chi connectivity index (χ4n) is 4.98. The molecular formula is C25H33N7O7. The van der Waals surface area contributed by atoms with Crippen molar-refractivity contribution in [2.45, 2.75) is 63.3 Å². The van der Waals surface area contributed by atoms with Gasteiger partial charge in [0.1, 0.15) is 23.8 Å². The molecule has 5 unspecified atom stereocenters. The molecule has 210 valence electrons. The van der Waals surface area contributed by atoms with Crippen LogP contribution in [0, 0.1) is 17.8 Å². The minimum Gasteiger partial charge on any atom is -0.444 e. The molecule has 0 saturated carbocycles. The van der Waals surface area contributed by atoms with E-state index in [1.807, 2.05) is 0 Å². The number of aromatic nitrogens is 4. The molecule has 14 heteroatoms. The highest BCUT2D eigenvalue weighted by molar-refractivity contribution is 5.83. The molecule has 3 fully saturated rings. The van der Waals surface area contributed by atoms with E-state index < -0.39 is 30.4 Å². The van der Waals surface area contributed by atoms with Crippen molar-refractivity contribution in [2.75, 3.05) is 38.6 Å². The smallest absolute Gasteiger partial charge is 0.410 e. The van der Waals surface area contributed by atoms with Crippen molar-refractivity contribution in [2.24, 2.45) is 5.92 Å². The second-order valence-corrected chi connectivity index (χ2v) is 9.89. The maximum atomic E-state index is 12.3. The summed E-state index contributed by atoms with van der Waals surface area (Å²) < 4.78 is 17.8. The zero-order valence-corrected chi connectivity index (χ0v) is 21.7. The van der Waals surface area contributed by atoms with Crippen molar-refractivity contribution < 1.29 is 34.0 Å². The minimum absolute atomic E-state index is 0.107. The van der Waals surface area contributed by atoms with Gasteiger partial charge in [-0.05, 0) is 31.6 Å². The number of nitrogens with two attached hydrogens (primary N) is 1. The van der Waals surface area contributed by atoms with Crippen molar-refractivity contribution in [1.29, 1.82) is 0 Å². The molecule has 0 spiro atoms. The lowest BCUT2D eigenvalue weighted by molar-refractivity contribution is -0.137. The summed E-state index contributed by atoms with van der Waals surface area (Å²) >= 11 is 0. The molecule has 0 aliphatic carbocycles. The summed E-state index contributed by atoms with van der Waals surface area (Å²) in [4.78, 5) is 39.2. The minimum atomic E-state index is -1.43. The van der Waals surface area contributed by atoms with Crippen LogP contribution < -0.4 is 11.1 Å². The van der Waals surface area contributed by atoms with E-state index in [1.54, 1.807) is 11.8 Å². The number of piperidine rings is 1. The van der Waals surface area contributed by atoms with Crippen LogP contribution in [0.4, 0.5) is 10.6 Å². The maximum absolute atomic E-state index is 12.3. The van der Waals surface area contributed by atoms with Gasteiger partial charge in [0, 0.05) is 32.5 Å². The van der Waals surface area contributed by atoms with E-state index >= 15 is 0 Å². The van der Waals surface area contributed by atoms with Crippen LogP contribution in [0.2, 0.25) is 0 Å². The molecule has 0 bridgehead atoms. The molecule has 0 radical (unpaired) electrons. The molecule has 14 nitrogen and oxygen atoms in total. The Hall–Kier alpha value is -3.51. The number of aliphatic hydroxyl groups is 2. The highest BCUT2D eigenvalue weighted by Crippen LogP contribution is 2.32. The lowest BCUT2D eigenvalue weighted by Crippen LogP contribution is -2.42. The van der Waals surface area contributed by atoms with Gasteiger partial charge >= 0.3 is 6.09 Å². The van der Waals surface area contributed by atoms with Crippen molar-refractivity contribution in [3.63, 3.8) is 0 Å². The van der Waals surface area contributed by atoms with Gasteiger partial charge in [-0.1, -0.05) is 5.92 Å². The lowest BCUT2D eigenvalue weighted by atomic mass is 9.94. The molecule has 5 heterocycles. The molecule has 3 aliphatic rings. The number of nitrogen functional groups attached to an aromatic ring is 1. The quantitative estimate of drug-likeness (QED) is 0.358. The van der Waals surface area contributed by atoms with Crippen LogP contribution in [0.15, 0.2) is 6.33 Å². The molecule has 2 aromatic heterocycles. The molecule has 5 rings (SSSR count). The number of nitrogens with zero attached hydrogens (tertiary/aromatic N) is 5. The zero-order chi connectivity index (χ0) is 27.5. The van der Waals surface area contributed by atoms with Gasteiger partial charge in [0.15, 0.2) is 23.8 Å². The summed E-state index contributed by atoms with van der Waals surface area (Å²) in [6.45, 7) is 4.41. The molecular weight excluding hydrogens is 510 g/mol. The number of carbonyl (C=O) groups is 2. The van der Waals surface area contributed by atoms with Crippen molar-refractivity contribution in [1.82, 2.24) is 29.7 Å². The summed E-state index contributed by atoms with van der Waals surface area (Å²) in [5.41, 5.74) is 6.64. The number of fused-ring (bicyclic) bond motifs is 1. The Balaban J connectivity index is 1.22. The Bertz CT molecular complexity index is 1260. The van der Waals surface area contributed by atoms with Gasteiger partial charge in [-0.15, -0.1) is 0 Å². The number of hydrogen-bond acceptors (Lipinski definition) is 11. The number of rotatable bonds is 5. The van der Waals surface area contributed by atoms with E-state index in [2.05, 4.69) is 32.1 Å². The number of imidazole rings is 1. The molecule has 2 amide bonds. The second kappa shape index (κ2) is 11.7. The number of likely N-dealkylation sites (tertiary alicyclic amines) is 1. The number of ether oxygens (including phenoxy) is 3. The fourth-order valence-corrected chi connectivity index (χ4v) is 4.98. The molecule has 3 saturated heterocycles. The Morgan fingerprint density at radius 1 is 1.23 bits per heavy atom. The number of aliphatic hydroxyl groups excluding tert-OH is 2. The van der Waals surface area contributed by atoms with Crippen LogP contribution in [0.5, 0.6) is 0 Å². The van der Waals surface area contributed by atoms with Crippen LogP contribution >= 0.6 is 0 Å². The molecule has 5 N–H and O–H groups in total. The van der Waals surface area contributed by atoms with E-state index in [4.69, 9.17) is 19.9 Å². The third-order valence-corrected chi connectivity index (χ3v) is 7.19. The van der Waals surface area contributed by atoms with E-state index in [0.29, 0.717) is 45.2 Å². The normalized spacial score (nSPS) is 27.4. The summed E-state index contributed by atoms with van der Waals surface area (Å²) in [5.74, 6) is 6.14. The van der Waals surface area contributed by atoms with Crippen molar-refractivity contribution >= 4 is 29.0 Å². The standard InChI is InChI=1S/C25H33N7O7/c1-2-27-23(35)20-18(33)19(34)24(39-20)32-13-28-17-21(26)29-16(30-22(17)32)5-3-4-14-6-9-31(10-7-14)25(36)38-15-8-11-37-12-15/h13-15,18-20,24,33-34H,2,4,6-12H2,1H3,(H,27,35)(H2,26,29,30). The average Bonchev–Trinajstić information content (AvgIpc) is 3.65. The fraction of sp³-hybridized carbons (Fsp3) is 0.640. The van der Waals surface area contributed by atoms with Gasteiger partial charge < -0.3 is 40.4 Å². The first-order valence-corrected chi connectivity index (χ1v) is 13.2. The second-order valence-electron chi connectivity index (χ2n) is 9.89. The maximum Gasteiger partial charge on any atom is 0.410 e. The van der Waals surface area contributed by atoms with Crippen molar-refractivity contribution in [3.8, 4) is 11.8 Å². The van der Waals surface area contributed by atoms with Crippen LogP contribution in [-0.2, 0) is 19.0 Å². The molecule has 39 heavy (non-hydrogen) atoms. The summed E-state index contributed by atoms with van der Waals surface area (Å²) in [7, 11) is 0. The molecule has 3 aliphatic heterocycles.